The normalized spacial score (nSPS) is 11.8. The molecule has 0 fully saturated rings. The Kier molecular flexibility index (Phi) is 31.2. The summed E-state index contributed by atoms with van der Waals surface area (Å²) in [4.78, 5) is 0. The number of hydrogen-bond acceptors (Lipinski definition) is 0. The van der Waals surface area contributed by atoms with Crippen LogP contribution in [0.5, 0.6) is 0 Å². The molecule has 0 aliphatic carbocycles. The van der Waals surface area contributed by atoms with E-state index in [1.165, 1.54) is 186 Å². The smallest absolute Gasteiger partial charge is 0.0386 e. The minimum Gasteiger partial charge on any atom is -0.0628 e. The van der Waals surface area contributed by atoms with Gasteiger partial charge in [0.2, 0.25) is 0 Å². The van der Waals surface area contributed by atoms with Gasteiger partial charge in [0, 0.05) is 0 Å². The SMILES string of the molecule is CC(C)CCCCCCCCCCCCCC[CH]CCCCCCCCCCCCCCCC(C)C. The molecule has 36 heavy (non-hydrogen) atoms. The summed E-state index contributed by atoms with van der Waals surface area (Å²) in [6.07, 6.45) is 45.0. The Morgan fingerprint density at radius 2 is 0.472 bits per heavy atom. The lowest BCUT2D eigenvalue weighted by molar-refractivity contribution is 0.502. The first-order valence-electron chi connectivity index (χ1n) is 17.4. The van der Waals surface area contributed by atoms with E-state index in [4.69, 9.17) is 0 Å². The second-order valence-corrected chi connectivity index (χ2v) is 13.1. The molecular weight excluding hydrogens is 432 g/mol. The summed E-state index contributed by atoms with van der Waals surface area (Å²) in [7, 11) is 0. The fourth-order valence-electron chi connectivity index (χ4n) is 5.54. The van der Waals surface area contributed by atoms with Gasteiger partial charge in [-0.3, -0.25) is 0 Å². The lowest BCUT2D eigenvalue weighted by Crippen LogP contribution is -1.87. The Morgan fingerprint density at radius 3 is 0.694 bits per heavy atom. The zero-order chi connectivity index (χ0) is 26.4. The van der Waals surface area contributed by atoms with E-state index < -0.39 is 0 Å². The van der Waals surface area contributed by atoms with Crippen molar-refractivity contribution in [2.75, 3.05) is 0 Å². The van der Waals surface area contributed by atoms with Crippen LogP contribution in [0.4, 0.5) is 0 Å². The average Bonchev–Trinajstić information content (AvgIpc) is 2.85. The van der Waals surface area contributed by atoms with Gasteiger partial charge in [-0.25, -0.2) is 0 Å². The highest BCUT2D eigenvalue weighted by atomic mass is 14.0. The van der Waals surface area contributed by atoms with Crippen LogP contribution in [0.25, 0.3) is 0 Å². The van der Waals surface area contributed by atoms with E-state index in [2.05, 4.69) is 34.1 Å². The Morgan fingerprint density at radius 1 is 0.278 bits per heavy atom. The van der Waals surface area contributed by atoms with Gasteiger partial charge in [0.05, 0.1) is 0 Å². The average molecular weight is 506 g/mol. The lowest BCUT2D eigenvalue weighted by atomic mass is 10.0. The molecule has 0 heterocycles. The van der Waals surface area contributed by atoms with Gasteiger partial charge in [0.1, 0.15) is 0 Å². The summed E-state index contributed by atoms with van der Waals surface area (Å²) in [6.45, 7) is 9.39. The summed E-state index contributed by atoms with van der Waals surface area (Å²) in [6, 6.07) is 0. The molecule has 1 radical (unpaired) electrons. The van der Waals surface area contributed by atoms with Crippen LogP contribution in [-0.4, -0.2) is 0 Å². The topological polar surface area (TPSA) is 0 Å². The van der Waals surface area contributed by atoms with Crippen LogP contribution < -0.4 is 0 Å². The van der Waals surface area contributed by atoms with Crippen LogP contribution in [0, 0.1) is 18.3 Å². The van der Waals surface area contributed by atoms with Gasteiger partial charge in [0.15, 0.2) is 0 Å². The monoisotopic (exact) mass is 506 g/mol. The van der Waals surface area contributed by atoms with Crippen LogP contribution in [-0.2, 0) is 0 Å². The Balaban J connectivity index is 3.02. The molecule has 0 nitrogen and oxygen atoms in total. The molecule has 0 aliphatic rings. The van der Waals surface area contributed by atoms with Crippen molar-refractivity contribution in [3.8, 4) is 0 Å². The zero-order valence-electron chi connectivity index (χ0n) is 26.2. The molecule has 0 heteroatoms. The Bertz CT molecular complexity index is 332. The highest BCUT2D eigenvalue weighted by Crippen LogP contribution is 2.17. The third-order valence-electron chi connectivity index (χ3n) is 8.13. The van der Waals surface area contributed by atoms with Crippen LogP contribution in [0.2, 0.25) is 0 Å². The van der Waals surface area contributed by atoms with E-state index in [0.29, 0.717) is 0 Å². The maximum atomic E-state index is 2.59. The minimum atomic E-state index is 0.895. The molecule has 0 saturated heterocycles. The summed E-state index contributed by atoms with van der Waals surface area (Å²) >= 11 is 0. The summed E-state index contributed by atoms with van der Waals surface area (Å²) in [5.74, 6) is 1.79. The molecule has 0 unspecified atom stereocenters. The molecule has 0 rings (SSSR count). The molecule has 0 bridgehead atoms. The fraction of sp³-hybridized carbons (Fsp3) is 0.972. The highest BCUT2D eigenvalue weighted by Gasteiger charge is 1.98. The predicted octanol–water partition coefficient (Wildman–Crippen LogP) is 13.8. The highest BCUT2D eigenvalue weighted by molar-refractivity contribution is 4.65. The van der Waals surface area contributed by atoms with Crippen LogP contribution in [0.1, 0.15) is 214 Å². The van der Waals surface area contributed by atoms with Crippen LogP contribution in [0.15, 0.2) is 0 Å². The van der Waals surface area contributed by atoms with Crippen molar-refractivity contribution in [2.24, 2.45) is 11.8 Å². The molecule has 0 aromatic carbocycles. The van der Waals surface area contributed by atoms with E-state index >= 15 is 0 Å². The van der Waals surface area contributed by atoms with Crippen molar-refractivity contribution < 1.29 is 0 Å². The summed E-state index contributed by atoms with van der Waals surface area (Å²) in [5.41, 5.74) is 0. The van der Waals surface area contributed by atoms with E-state index in [9.17, 15) is 0 Å². The van der Waals surface area contributed by atoms with Crippen molar-refractivity contribution in [1.82, 2.24) is 0 Å². The van der Waals surface area contributed by atoms with Crippen molar-refractivity contribution in [1.29, 1.82) is 0 Å². The maximum Gasteiger partial charge on any atom is -0.0386 e. The lowest BCUT2D eigenvalue weighted by Gasteiger charge is -2.05. The summed E-state index contributed by atoms with van der Waals surface area (Å²) in [5, 5.41) is 0. The predicted molar refractivity (Wildman–Crippen MR) is 168 cm³/mol. The molecule has 0 spiro atoms. The van der Waals surface area contributed by atoms with Crippen LogP contribution in [0.3, 0.4) is 0 Å². The number of hydrogen-bond donors (Lipinski definition) is 0. The molecule has 0 N–H and O–H groups in total. The molecule has 217 valence electrons. The molecule has 0 amide bonds. The van der Waals surface area contributed by atoms with Gasteiger partial charge < -0.3 is 0 Å². The van der Waals surface area contributed by atoms with Crippen molar-refractivity contribution in [3.63, 3.8) is 0 Å². The molecule has 0 atom stereocenters. The standard InChI is InChI=1S/C36H73/c1-35(2)33-31-29-27-25-23-21-19-17-15-13-11-9-7-5-6-8-10-12-14-16-18-20-22-24-26-28-30-32-34-36(3)4/h5,35-36H,6-34H2,1-4H3. The molecule has 0 saturated carbocycles. The van der Waals surface area contributed by atoms with Gasteiger partial charge in [-0.1, -0.05) is 214 Å². The van der Waals surface area contributed by atoms with E-state index in [-0.39, 0.29) is 0 Å². The largest absolute Gasteiger partial charge is 0.0628 e. The minimum absolute atomic E-state index is 0.895. The van der Waals surface area contributed by atoms with Crippen LogP contribution >= 0.6 is 0 Å². The Labute approximate surface area is 232 Å². The first-order chi connectivity index (χ1) is 17.6. The van der Waals surface area contributed by atoms with Gasteiger partial charge >= 0.3 is 0 Å². The fourth-order valence-corrected chi connectivity index (χ4v) is 5.54. The van der Waals surface area contributed by atoms with E-state index in [1.807, 2.05) is 0 Å². The van der Waals surface area contributed by atoms with E-state index in [1.54, 1.807) is 0 Å². The second kappa shape index (κ2) is 31.2. The van der Waals surface area contributed by atoms with Gasteiger partial charge in [-0.05, 0) is 18.3 Å². The van der Waals surface area contributed by atoms with Crippen molar-refractivity contribution >= 4 is 0 Å². The molecule has 0 aromatic rings. The zero-order valence-corrected chi connectivity index (χ0v) is 26.2. The Hall–Kier alpha value is 0. The second-order valence-electron chi connectivity index (χ2n) is 13.1. The van der Waals surface area contributed by atoms with E-state index in [0.717, 1.165) is 11.8 Å². The molecular formula is C36H73. The molecule has 0 aliphatic heterocycles. The third-order valence-corrected chi connectivity index (χ3v) is 8.13. The number of unbranched alkanes of at least 4 members (excludes halogenated alkanes) is 27. The van der Waals surface area contributed by atoms with Gasteiger partial charge in [0.25, 0.3) is 0 Å². The first-order valence-corrected chi connectivity index (χ1v) is 17.4. The summed E-state index contributed by atoms with van der Waals surface area (Å²) < 4.78 is 0. The van der Waals surface area contributed by atoms with Crippen molar-refractivity contribution in [3.05, 3.63) is 6.42 Å². The maximum absolute atomic E-state index is 2.59. The quantitative estimate of drug-likeness (QED) is 0.0821. The molecule has 0 aromatic heterocycles. The van der Waals surface area contributed by atoms with Gasteiger partial charge in [-0.2, -0.15) is 0 Å². The third kappa shape index (κ3) is 34.0. The van der Waals surface area contributed by atoms with Crippen molar-refractivity contribution in [2.45, 2.75) is 214 Å². The first kappa shape index (κ1) is 36.0. The van der Waals surface area contributed by atoms with Gasteiger partial charge in [-0.15, -0.1) is 0 Å². The number of rotatable bonds is 31.